The van der Waals surface area contributed by atoms with Crippen LogP contribution in [0.15, 0.2) is 43.0 Å². The minimum absolute atomic E-state index is 0.0642. The van der Waals surface area contributed by atoms with Crippen molar-refractivity contribution in [2.75, 3.05) is 5.75 Å². The van der Waals surface area contributed by atoms with Gasteiger partial charge in [0.2, 0.25) is 0 Å². The summed E-state index contributed by atoms with van der Waals surface area (Å²) < 4.78 is 27.3. The van der Waals surface area contributed by atoms with Gasteiger partial charge in [-0.05, 0) is 24.8 Å². The fourth-order valence-corrected chi connectivity index (χ4v) is 3.51. The van der Waals surface area contributed by atoms with Crippen molar-refractivity contribution in [1.29, 1.82) is 4.78 Å². The third kappa shape index (κ3) is 6.30. The molecule has 1 rings (SSSR count). The molecule has 22 heavy (non-hydrogen) atoms. The number of hydrogen-bond donors (Lipinski definition) is 2. The first-order chi connectivity index (χ1) is 10.4. The van der Waals surface area contributed by atoms with Gasteiger partial charge in [0.05, 0.1) is 5.75 Å². The van der Waals surface area contributed by atoms with E-state index in [1.807, 2.05) is 37.3 Å². The molecule has 0 aliphatic carbocycles. The number of carbonyl (C=O) groups excluding carboxylic acids is 1. The van der Waals surface area contributed by atoms with Gasteiger partial charge in [-0.3, -0.25) is 0 Å². The Balaban J connectivity index is 2.58. The predicted octanol–water partition coefficient (Wildman–Crippen LogP) is 4.04. The second kappa shape index (κ2) is 8.58. The van der Waals surface area contributed by atoms with Gasteiger partial charge in [0.25, 0.3) is 0 Å². The van der Waals surface area contributed by atoms with Crippen molar-refractivity contribution in [2.45, 2.75) is 32.8 Å². The zero-order valence-corrected chi connectivity index (χ0v) is 13.9. The average molecular weight is 324 g/mol. The summed E-state index contributed by atoms with van der Waals surface area (Å²) in [5, 5.41) is 0. The number of hydrogen-bond acceptors (Lipinski definition) is 4. The van der Waals surface area contributed by atoms with Crippen LogP contribution in [-0.2, 0) is 14.7 Å². The van der Waals surface area contributed by atoms with Crippen LogP contribution >= 0.6 is 0 Å². The first-order valence-corrected chi connectivity index (χ1v) is 9.01. The lowest BCUT2D eigenvalue weighted by Crippen LogP contribution is -2.34. The lowest BCUT2D eigenvalue weighted by molar-refractivity contribution is 0.113. The standard InChI is InChI=1S/C16H24N2O3S/c1-4-9-14(5-2)12-22(17,20)18-16(19)21-13(3)15-10-7-6-8-11-15/h4,6-8,10-11,13-14H,1,5,9,12H2,2-3H3,(H2,17,18,19,20)/t13-,14-,22?/m0/s1. The molecule has 0 radical (unpaired) electrons. The van der Waals surface area contributed by atoms with Crippen molar-refractivity contribution in [1.82, 2.24) is 4.72 Å². The SMILES string of the molecule is C=CC[C@H](CC)CS(=N)(=O)NC(=O)O[C@@H](C)c1ccccc1. The molecule has 1 aromatic rings. The van der Waals surface area contributed by atoms with Crippen LogP contribution in [-0.4, -0.2) is 16.1 Å². The van der Waals surface area contributed by atoms with Gasteiger partial charge >= 0.3 is 6.09 Å². The van der Waals surface area contributed by atoms with Crippen LogP contribution in [0, 0.1) is 10.7 Å². The molecule has 0 aromatic heterocycles. The summed E-state index contributed by atoms with van der Waals surface area (Å²) in [6.07, 6.45) is 1.89. The lowest BCUT2D eigenvalue weighted by atomic mass is 10.1. The van der Waals surface area contributed by atoms with E-state index < -0.39 is 22.1 Å². The Bertz CT molecular complexity index is 585. The van der Waals surface area contributed by atoms with Crippen LogP contribution < -0.4 is 4.72 Å². The molecule has 2 N–H and O–H groups in total. The number of carbonyl (C=O) groups is 1. The van der Waals surface area contributed by atoms with Crippen molar-refractivity contribution in [2.24, 2.45) is 5.92 Å². The third-order valence-corrected chi connectivity index (χ3v) is 4.79. The van der Waals surface area contributed by atoms with Crippen molar-refractivity contribution < 1.29 is 13.7 Å². The van der Waals surface area contributed by atoms with E-state index in [2.05, 4.69) is 11.3 Å². The molecule has 0 aliphatic rings. The molecule has 1 unspecified atom stereocenters. The van der Waals surface area contributed by atoms with E-state index in [0.717, 1.165) is 12.0 Å². The van der Waals surface area contributed by atoms with Gasteiger partial charge in [0.1, 0.15) is 16.0 Å². The highest BCUT2D eigenvalue weighted by Crippen LogP contribution is 2.16. The molecule has 3 atom stereocenters. The summed E-state index contributed by atoms with van der Waals surface area (Å²) in [5.74, 6) is 0.166. The van der Waals surface area contributed by atoms with E-state index in [9.17, 15) is 9.00 Å². The molecule has 0 saturated heterocycles. The maximum absolute atomic E-state index is 12.2. The molecule has 1 aromatic carbocycles. The Kier molecular flexibility index (Phi) is 7.11. The van der Waals surface area contributed by atoms with Gasteiger partial charge in [-0.25, -0.2) is 18.5 Å². The van der Waals surface area contributed by atoms with Gasteiger partial charge in [0.15, 0.2) is 0 Å². The van der Waals surface area contributed by atoms with Gasteiger partial charge in [-0.2, -0.15) is 0 Å². The van der Waals surface area contributed by atoms with E-state index in [-0.39, 0.29) is 11.7 Å². The van der Waals surface area contributed by atoms with Crippen molar-refractivity contribution in [3.63, 3.8) is 0 Å². The molecule has 0 spiro atoms. The van der Waals surface area contributed by atoms with Crippen LogP contribution in [0.1, 0.15) is 38.4 Å². The van der Waals surface area contributed by atoms with Gasteiger partial charge in [-0.15, -0.1) is 6.58 Å². The number of ether oxygens (including phenoxy) is 1. The number of allylic oxidation sites excluding steroid dienone is 1. The average Bonchev–Trinajstić information content (AvgIpc) is 2.46. The number of amides is 1. The second-order valence-electron chi connectivity index (χ2n) is 5.20. The van der Waals surface area contributed by atoms with Crippen molar-refractivity contribution in [3.8, 4) is 0 Å². The fraction of sp³-hybridized carbons (Fsp3) is 0.438. The molecular weight excluding hydrogens is 300 g/mol. The quantitative estimate of drug-likeness (QED) is 0.708. The Labute approximate surface area is 132 Å². The van der Waals surface area contributed by atoms with Gasteiger partial charge in [-0.1, -0.05) is 49.8 Å². The maximum Gasteiger partial charge on any atom is 0.420 e. The molecule has 0 aliphatic heterocycles. The molecular formula is C16H24N2O3S. The predicted molar refractivity (Wildman–Crippen MR) is 88.8 cm³/mol. The molecule has 0 bridgehead atoms. The molecule has 122 valence electrons. The van der Waals surface area contributed by atoms with Crippen LogP contribution in [0.3, 0.4) is 0 Å². The summed E-state index contributed by atoms with van der Waals surface area (Å²) in [7, 11) is -3.21. The highest BCUT2D eigenvalue weighted by molar-refractivity contribution is 7.91. The lowest BCUT2D eigenvalue weighted by Gasteiger charge is -2.18. The maximum atomic E-state index is 12.2. The summed E-state index contributed by atoms with van der Waals surface area (Å²) in [4.78, 5) is 11.8. The van der Waals surface area contributed by atoms with E-state index in [1.54, 1.807) is 13.0 Å². The summed E-state index contributed by atoms with van der Waals surface area (Å²) in [5.41, 5.74) is 0.840. The Hall–Kier alpha value is -1.82. The normalized spacial score (nSPS) is 16.1. The topological polar surface area (TPSA) is 79.3 Å². The summed E-state index contributed by atoms with van der Waals surface area (Å²) >= 11 is 0. The largest absolute Gasteiger partial charge is 0.441 e. The minimum atomic E-state index is -3.21. The summed E-state index contributed by atoms with van der Waals surface area (Å²) in [6, 6.07) is 9.25. The molecule has 0 heterocycles. The number of benzene rings is 1. The molecule has 0 saturated carbocycles. The molecule has 6 heteroatoms. The molecule has 5 nitrogen and oxygen atoms in total. The first kappa shape index (κ1) is 18.2. The van der Waals surface area contributed by atoms with E-state index in [0.29, 0.717) is 6.42 Å². The third-order valence-electron chi connectivity index (χ3n) is 3.35. The van der Waals surface area contributed by atoms with E-state index in [4.69, 9.17) is 9.52 Å². The molecule has 0 fully saturated rings. The molecule has 1 amide bonds. The first-order valence-electron chi connectivity index (χ1n) is 7.28. The minimum Gasteiger partial charge on any atom is -0.441 e. The Morgan fingerprint density at radius 3 is 2.64 bits per heavy atom. The van der Waals surface area contributed by atoms with Gasteiger partial charge < -0.3 is 4.74 Å². The van der Waals surface area contributed by atoms with Crippen LogP contribution in [0.5, 0.6) is 0 Å². The second-order valence-corrected chi connectivity index (χ2v) is 7.09. The van der Waals surface area contributed by atoms with Crippen molar-refractivity contribution >= 4 is 16.0 Å². The highest BCUT2D eigenvalue weighted by Gasteiger charge is 2.19. The Morgan fingerprint density at radius 1 is 1.45 bits per heavy atom. The zero-order chi connectivity index (χ0) is 16.6. The zero-order valence-electron chi connectivity index (χ0n) is 13.1. The van der Waals surface area contributed by atoms with Crippen LogP contribution in [0.4, 0.5) is 4.79 Å². The number of rotatable bonds is 8. The monoisotopic (exact) mass is 324 g/mol. The van der Waals surface area contributed by atoms with Gasteiger partial charge in [0, 0.05) is 0 Å². The Morgan fingerprint density at radius 2 is 2.09 bits per heavy atom. The van der Waals surface area contributed by atoms with Crippen molar-refractivity contribution in [3.05, 3.63) is 48.6 Å². The number of nitrogens with one attached hydrogen (secondary N) is 2. The fourth-order valence-electron chi connectivity index (χ4n) is 2.07. The van der Waals surface area contributed by atoms with E-state index in [1.165, 1.54) is 0 Å². The highest BCUT2D eigenvalue weighted by atomic mass is 32.2. The van der Waals surface area contributed by atoms with E-state index >= 15 is 0 Å². The van der Waals surface area contributed by atoms with Crippen LogP contribution in [0.2, 0.25) is 0 Å². The summed E-state index contributed by atoms with van der Waals surface area (Å²) in [6.45, 7) is 7.33. The van der Waals surface area contributed by atoms with Crippen LogP contribution in [0.25, 0.3) is 0 Å². The smallest absolute Gasteiger partial charge is 0.420 e.